The molecule has 6 nitrogen and oxygen atoms in total. The molecule has 1 heterocycles. The molecule has 2 aromatic rings. The fourth-order valence-electron chi connectivity index (χ4n) is 1.66. The molecule has 0 fully saturated rings. The van der Waals surface area contributed by atoms with E-state index in [-0.39, 0.29) is 0 Å². The van der Waals surface area contributed by atoms with E-state index >= 15 is 0 Å². The molecule has 0 bridgehead atoms. The van der Waals surface area contributed by atoms with E-state index in [1.807, 2.05) is 24.3 Å². The average Bonchev–Trinajstić information content (AvgIpc) is 2.91. The molecule has 0 aliphatic rings. The predicted octanol–water partition coefficient (Wildman–Crippen LogP) is 1.35. The summed E-state index contributed by atoms with van der Waals surface area (Å²) in [4.78, 5) is 8.97. The Hall–Kier alpha value is -2.21. The Balaban J connectivity index is 2.47. The van der Waals surface area contributed by atoms with E-state index < -0.39 is 0 Å². The standard InChI is InChI=1S/C12H14N4O2/c1-17-7-9-5-3-4-6-10(9)11(16-18-2)12-13-8-14-15-12/h3-6,8H,7H2,1-2H3,(H,13,14,15)/b16-11+. The molecule has 0 unspecified atom stereocenters. The second-order valence-electron chi connectivity index (χ2n) is 3.55. The Labute approximate surface area is 105 Å². The van der Waals surface area contributed by atoms with Crippen LogP contribution in [0, 0.1) is 0 Å². The molecule has 1 N–H and O–H groups in total. The molecule has 0 radical (unpaired) electrons. The van der Waals surface area contributed by atoms with Crippen LogP contribution < -0.4 is 0 Å². The fourth-order valence-corrected chi connectivity index (χ4v) is 1.66. The minimum atomic E-state index is 0.493. The first-order chi connectivity index (χ1) is 8.86. The summed E-state index contributed by atoms with van der Waals surface area (Å²) in [5.41, 5.74) is 2.51. The van der Waals surface area contributed by atoms with Gasteiger partial charge in [0.1, 0.15) is 13.4 Å². The van der Waals surface area contributed by atoms with Crippen molar-refractivity contribution in [3.05, 3.63) is 47.5 Å². The highest BCUT2D eigenvalue weighted by molar-refractivity contribution is 6.11. The van der Waals surface area contributed by atoms with Crippen molar-refractivity contribution in [2.75, 3.05) is 14.2 Å². The van der Waals surface area contributed by atoms with Crippen molar-refractivity contribution >= 4 is 5.71 Å². The smallest absolute Gasteiger partial charge is 0.178 e. The molecule has 0 saturated carbocycles. The second kappa shape index (κ2) is 5.92. The molecule has 1 aromatic carbocycles. The lowest BCUT2D eigenvalue weighted by atomic mass is 10.0. The normalized spacial score (nSPS) is 11.6. The van der Waals surface area contributed by atoms with E-state index in [1.165, 1.54) is 13.4 Å². The van der Waals surface area contributed by atoms with Crippen LogP contribution in [0.15, 0.2) is 35.7 Å². The molecule has 0 spiro atoms. The lowest BCUT2D eigenvalue weighted by molar-refractivity contribution is 0.184. The molecule has 0 aliphatic carbocycles. The van der Waals surface area contributed by atoms with Crippen molar-refractivity contribution in [1.29, 1.82) is 0 Å². The van der Waals surface area contributed by atoms with Crippen molar-refractivity contribution < 1.29 is 9.57 Å². The zero-order chi connectivity index (χ0) is 12.8. The van der Waals surface area contributed by atoms with E-state index in [0.29, 0.717) is 18.1 Å². The maximum Gasteiger partial charge on any atom is 0.178 e. The Morgan fingerprint density at radius 3 is 2.83 bits per heavy atom. The minimum absolute atomic E-state index is 0.493. The van der Waals surface area contributed by atoms with Gasteiger partial charge in [-0.2, -0.15) is 5.10 Å². The number of nitrogens with one attached hydrogen (secondary N) is 1. The van der Waals surface area contributed by atoms with Crippen LogP contribution in [0.2, 0.25) is 0 Å². The maximum absolute atomic E-state index is 5.17. The van der Waals surface area contributed by atoms with Gasteiger partial charge < -0.3 is 9.57 Å². The molecule has 1 aromatic heterocycles. The summed E-state index contributed by atoms with van der Waals surface area (Å²) in [6, 6.07) is 7.79. The van der Waals surface area contributed by atoms with Crippen LogP contribution in [0.5, 0.6) is 0 Å². The predicted molar refractivity (Wildman–Crippen MR) is 66.2 cm³/mol. The van der Waals surface area contributed by atoms with Gasteiger partial charge in [-0.05, 0) is 5.56 Å². The largest absolute Gasteiger partial charge is 0.399 e. The minimum Gasteiger partial charge on any atom is -0.399 e. The third-order valence-electron chi connectivity index (χ3n) is 2.39. The number of methoxy groups -OCH3 is 1. The average molecular weight is 246 g/mol. The molecule has 0 aliphatic heterocycles. The van der Waals surface area contributed by atoms with Gasteiger partial charge in [-0.3, -0.25) is 5.10 Å². The summed E-state index contributed by atoms with van der Waals surface area (Å²) in [6.07, 6.45) is 1.43. The molecule has 0 amide bonds. The molecular weight excluding hydrogens is 232 g/mol. The zero-order valence-electron chi connectivity index (χ0n) is 10.3. The van der Waals surface area contributed by atoms with Gasteiger partial charge >= 0.3 is 0 Å². The number of aromatic amines is 1. The van der Waals surface area contributed by atoms with E-state index in [0.717, 1.165) is 11.1 Å². The van der Waals surface area contributed by atoms with E-state index in [4.69, 9.17) is 9.57 Å². The summed E-state index contributed by atoms with van der Waals surface area (Å²) in [5, 5.41) is 10.6. The Morgan fingerprint density at radius 1 is 1.33 bits per heavy atom. The first-order valence-electron chi connectivity index (χ1n) is 5.41. The van der Waals surface area contributed by atoms with Crippen LogP contribution in [0.3, 0.4) is 0 Å². The van der Waals surface area contributed by atoms with Crippen molar-refractivity contribution in [1.82, 2.24) is 15.2 Å². The van der Waals surface area contributed by atoms with Crippen LogP contribution in [0.25, 0.3) is 0 Å². The molecule has 2 rings (SSSR count). The van der Waals surface area contributed by atoms with E-state index in [1.54, 1.807) is 7.11 Å². The molecule has 94 valence electrons. The van der Waals surface area contributed by atoms with Gasteiger partial charge in [-0.15, -0.1) is 0 Å². The topological polar surface area (TPSA) is 72.4 Å². The summed E-state index contributed by atoms with van der Waals surface area (Å²) < 4.78 is 5.17. The quantitative estimate of drug-likeness (QED) is 0.638. The van der Waals surface area contributed by atoms with E-state index in [2.05, 4.69) is 20.3 Å². The molecule has 6 heteroatoms. The molecule has 0 atom stereocenters. The fraction of sp³-hybridized carbons (Fsp3) is 0.250. The highest BCUT2D eigenvalue weighted by Crippen LogP contribution is 2.14. The molecular formula is C12H14N4O2. The van der Waals surface area contributed by atoms with Crippen LogP contribution in [0.1, 0.15) is 17.0 Å². The van der Waals surface area contributed by atoms with Crippen molar-refractivity contribution in [2.24, 2.45) is 5.16 Å². The number of ether oxygens (including phenoxy) is 1. The lowest BCUT2D eigenvalue weighted by Gasteiger charge is -2.08. The number of rotatable bonds is 5. The van der Waals surface area contributed by atoms with Crippen LogP contribution in [-0.4, -0.2) is 35.1 Å². The van der Waals surface area contributed by atoms with Crippen LogP contribution in [0.4, 0.5) is 0 Å². The van der Waals surface area contributed by atoms with E-state index in [9.17, 15) is 0 Å². The van der Waals surface area contributed by atoms with Gasteiger partial charge in [0.15, 0.2) is 11.5 Å². The number of nitrogens with zero attached hydrogens (tertiary/aromatic N) is 3. The number of H-pyrrole nitrogens is 1. The van der Waals surface area contributed by atoms with Crippen molar-refractivity contribution in [3.8, 4) is 0 Å². The Morgan fingerprint density at radius 2 is 2.17 bits per heavy atom. The second-order valence-corrected chi connectivity index (χ2v) is 3.55. The highest BCUT2D eigenvalue weighted by atomic mass is 16.6. The summed E-state index contributed by atoms with van der Waals surface area (Å²) in [6.45, 7) is 0.493. The molecule has 18 heavy (non-hydrogen) atoms. The molecule has 0 saturated heterocycles. The maximum atomic E-state index is 5.17. The number of hydrogen-bond donors (Lipinski definition) is 1. The highest BCUT2D eigenvalue weighted by Gasteiger charge is 2.14. The summed E-state index contributed by atoms with van der Waals surface area (Å²) in [7, 11) is 3.15. The number of benzene rings is 1. The zero-order valence-corrected chi connectivity index (χ0v) is 10.3. The SMILES string of the molecule is COCc1ccccc1/C(=N\OC)c1ncn[nH]1. The van der Waals surface area contributed by atoms with Gasteiger partial charge in [0.05, 0.1) is 6.61 Å². The van der Waals surface area contributed by atoms with Crippen molar-refractivity contribution in [3.63, 3.8) is 0 Å². The first-order valence-corrected chi connectivity index (χ1v) is 5.41. The van der Waals surface area contributed by atoms with Gasteiger partial charge in [-0.1, -0.05) is 29.4 Å². The number of hydrogen-bond acceptors (Lipinski definition) is 5. The van der Waals surface area contributed by atoms with Gasteiger partial charge in [0.2, 0.25) is 0 Å². The van der Waals surface area contributed by atoms with Gasteiger partial charge in [0, 0.05) is 12.7 Å². The monoisotopic (exact) mass is 246 g/mol. The Bertz CT molecular complexity index is 523. The Kier molecular flexibility index (Phi) is 4.03. The van der Waals surface area contributed by atoms with Crippen LogP contribution in [-0.2, 0) is 16.2 Å². The lowest BCUT2D eigenvalue weighted by Crippen LogP contribution is -2.10. The number of aromatic nitrogens is 3. The third-order valence-corrected chi connectivity index (χ3v) is 2.39. The van der Waals surface area contributed by atoms with Gasteiger partial charge in [0.25, 0.3) is 0 Å². The van der Waals surface area contributed by atoms with Gasteiger partial charge in [-0.25, -0.2) is 4.98 Å². The summed E-state index contributed by atoms with van der Waals surface area (Å²) >= 11 is 0. The third kappa shape index (κ3) is 2.54. The number of oxime groups is 1. The van der Waals surface area contributed by atoms with Crippen LogP contribution >= 0.6 is 0 Å². The first kappa shape index (κ1) is 12.3. The van der Waals surface area contributed by atoms with Crippen molar-refractivity contribution in [2.45, 2.75) is 6.61 Å². The summed E-state index contributed by atoms with van der Waals surface area (Å²) in [5.74, 6) is 0.556.